The maximum absolute atomic E-state index is 12.3. The first-order valence-electron chi connectivity index (χ1n) is 6.11. The van der Waals surface area contributed by atoms with E-state index < -0.39 is 0 Å². The highest BCUT2D eigenvalue weighted by molar-refractivity contribution is 7.16. The summed E-state index contributed by atoms with van der Waals surface area (Å²) in [5, 5.41) is 4.44. The largest absolute Gasteiger partial charge is 0.297 e. The molecule has 0 bridgehead atoms. The third kappa shape index (κ3) is 3.01. The molecule has 0 saturated heterocycles. The van der Waals surface area contributed by atoms with Crippen LogP contribution in [0.4, 0.5) is 5.13 Å². The maximum Gasteiger partial charge on any atom is 0.269 e. The normalized spacial score (nSPS) is 11.1. The second kappa shape index (κ2) is 5.38. The van der Waals surface area contributed by atoms with Crippen LogP contribution in [0.15, 0.2) is 0 Å². The summed E-state index contributed by atoms with van der Waals surface area (Å²) in [4.78, 5) is 22.9. The number of nitrogens with zero attached hydrogens (tertiary/aromatic N) is 2. The van der Waals surface area contributed by atoms with Crippen LogP contribution in [0.2, 0.25) is 0 Å². The van der Waals surface area contributed by atoms with Crippen LogP contribution >= 0.6 is 22.7 Å². The van der Waals surface area contributed by atoms with Gasteiger partial charge in [0.2, 0.25) is 0 Å². The summed E-state index contributed by atoms with van der Waals surface area (Å²) in [7, 11) is 0. The van der Waals surface area contributed by atoms with Crippen molar-refractivity contribution in [3.63, 3.8) is 0 Å². The van der Waals surface area contributed by atoms with Gasteiger partial charge in [-0.05, 0) is 26.7 Å². The van der Waals surface area contributed by atoms with Gasteiger partial charge in [0.25, 0.3) is 5.91 Å². The van der Waals surface area contributed by atoms with Crippen LogP contribution in [0.1, 0.15) is 50.7 Å². The van der Waals surface area contributed by atoms with Crippen LogP contribution in [-0.2, 0) is 0 Å². The fourth-order valence-electron chi connectivity index (χ4n) is 1.68. The molecule has 19 heavy (non-hydrogen) atoms. The number of hydrogen-bond donors (Lipinski definition) is 1. The summed E-state index contributed by atoms with van der Waals surface area (Å²) in [5.74, 6) is 0.133. The third-order valence-electron chi connectivity index (χ3n) is 2.76. The quantitative estimate of drug-likeness (QED) is 0.934. The Balaban J connectivity index is 2.25. The minimum atomic E-state index is -0.108. The molecule has 1 amide bonds. The lowest BCUT2D eigenvalue weighted by Crippen LogP contribution is -2.12. The summed E-state index contributed by atoms with van der Waals surface area (Å²) < 4.78 is 0. The van der Waals surface area contributed by atoms with Gasteiger partial charge in [0.1, 0.15) is 4.88 Å². The first kappa shape index (κ1) is 14.1. The van der Waals surface area contributed by atoms with Gasteiger partial charge >= 0.3 is 0 Å². The van der Waals surface area contributed by atoms with Crippen LogP contribution < -0.4 is 5.32 Å². The predicted octanol–water partition coefficient (Wildman–Crippen LogP) is 3.90. The third-order valence-corrected chi connectivity index (χ3v) is 4.74. The predicted molar refractivity (Wildman–Crippen MR) is 80.5 cm³/mol. The van der Waals surface area contributed by atoms with E-state index in [1.54, 1.807) is 0 Å². The Kier molecular flexibility index (Phi) is 4.01. The SMILES string of the molecule is Cc1nc(C(C)C)c(C(=O)Nc2nc(C)c(C)s2)s1. The molecule has 2 aromatic rings. The Morgan fingerprint density at radius 2 is 1.84 bits per heavy atom. The Morgan fingerprint density at radius 1 is 1.16 bits per heavy atom. The molecule has 0 radical (unpaired) electrons. The first-order chi connectivity index (χ1) is 8.88. The molecule has 0 atom stereocenters. The van der Waals surface area contributed by atoms with Crippen molar-refractivity contribution in [2.24, 2.45) is 0 Å². The summed E-state index contributed by atoms with van der Waals surface area (Å²) >= 11 is 2.93. The number of nitrogens with one attached hydrogen (secondary N) is 1. The lowest BCUT2D eigenvalue weighted by atomic mass is 10.1. The van der Waals surface area contributed by atoms with E-state index in [0.29, 0.717) is 10.0 Å². The Morgan fingerprint density at radius 3 is 2.37 bits per heavy atom. The van der Waals surface area contributed by atoms with Gasteiger partial charge in [0.15, 0.2) is 5.13 Å². The lowest BCUT2D eigenvalue weighted by Gasteiger charge is -2.04. The average Bonchev–Trinajstić information content (AvgIpc) is 2.83. The number of aromatic nitrogens is 2. The smallest absolute Gasteiger partial charge is 0.269 e. The average molecular weight is 295 g/mol. The molecule has 0 aliphatic carbocycles. The highest BCUT2D eigenvalue weighted by Crippen LogP contribution is 2.27. The minimum absolute atomic E-state index is 0.108. The molecule has 0 aromatic carbocycles. The zero-order chi connectivity index (χ0) is 14.2. The Hall–Kier alpha value is -1.27. The van der Waals surface area contributed by atoms with Crippen LogP contribution in [-0.4, -0.2) is 15.9 Å². The van der Waals surface area contributed by atoms with Crippen molar-refractivity contribution in [2.45, 2.75) is 40.5 Å². The summed E-state index contributed by atoms with van der Waals surface area (Å²) in [6.07, 6.45) is 0. The molecule has 1 N–H and O–H groups in total. The van der Waals surface area contributed by atoms with Crippen LogP contribution in [0.3, 0.4) is 0 Å². The number of amides is 1. The van der Waals surface area contributed by atoms with Gasteiger partial charge in [-0.2, -0.15) is 0 Å². The number of thiazole rings is 2. The van der Waals surface area contributed by atoms with E-state index >= 15 is 0 Å². The highest BCUT2D eigenvalue weighted by Gasteiger charge is 2.20. The number of rotatable bonds is 3. The molecule has 0 saturated carbocycles. The molecular weight excluding hydrogens is 278 g/mol. The summed E-state index contributed by atoms with van der Waals surface area (Å²) in [5.41, 5.74) is 1.83. The van der Waals surface area contributed by atoms with Gasteiger partial charge in [-0.25, -0.2) is 9.97 Å². The number of hydrogen-bond acceptors (Lipinski definition) is 5. The molecule has 0 aliphatic rings. The van der Waals surface area contributed by atoms with E-state index in [1.165, 1.54) is 22.7 Å². The second-order valence-corrected chi connectivity index (χ2v) is 7.12. The standard InChI is InChI=1S/C13H17N3OS2/c1-6(2)10-11(19-9(5)15-10)12(17)16-13-14-7(3)8(4)18-13/h6H,1-5H3,(H,14,16,17). The molecule has 0 aliphatic heterocycles. The van der Waals surface area contributed by atoms with E-state index in [4.69, 9.17) is 0 Å². The summed E-state index contributed by atoms with van der Waals surface area (Å²) in [6.45, 7) is 9.95. The van der Waals surface area contributed by atoms with Gasteiger partial charge in [-0.15, -0.1) is 22.7 Å². The van der Waals surface area contributed by atoms with Gasteiger partial charge < -0.3 is 0 Å². The molecule has 102 valence electrons. The molecule has 2 rings (SSSR count). The molecule has 0 spiro atoms. The van der Waals surface area contributed by atoms with Crippen LogP contribution in [0, 0.1) is 20.8 Å². The molecule has 0 fully saturated rings. The molecule has 2 heterocycles. The number of carbonyl (C=O) groups is 1. The van der Waals surface area contributed by atoms with Crippen molar-refractivity contribution in [1.29, 1.82) is 0 Å². The van der Waals surface area contributed by atoms with Crippen LogP contribution in [0.25, 0.3) is 0 Å². The van der Waals surface area contributed by atoms with Crippen molar-refractivity contribution in [1.82, 2.24) is 9.97 Å². The second-order valence-electron chi connectivity index (χ2n) is 4.72. The van der Waals surface area contributed by atoms with E-state index in [2.05, 4.69) is 15.3 Å². The van der Waals surface area contributed by atoms with Crippen molar-refractivity contribution in [2.75, 3.05) is 5.32 Å². The maximum atomic E-state index is 12.3. The molecule has 6 heteroatoms. The van der Waals surface area contributed by atoms with Gasteiger partial charge in [0.05, 0.1) is 16.4 Å². The lowest BCUT2D eigenvalue weighted by molar-refractivity contribution is 0.102. The van der Waals surface area contributed by atoms with Gasteiger partial charge in [-0.3, -0.25) is 10.1 Å². The monoisotopic (exact) mass is 295 g/mol. The zero-order valence-corrected chi connectivity index (χ0v) is 13.3. The zero-order valence-electron chi connectivity index (χ0n) is 11.7. The fraction of sp³-hybridized carbons (Fsp3) is 0.462. The topological polar surface area (TPSA) is 54.9 Å². The van der Waals surface area contributed by atoms with E-state index in [9.17, 15) is 4.79 Å². The fourth-order valence-corrected chi connectivity index (χ4v) is 3.46. The number of aryl methyl sites for hydroxylation is 3. The van der Waals surface area contributed by atoms with Crippen molar-refractivity contribution < 1.29 is 4.79 Å². The number of carbonyl (C=O) groups excluding carboxylic acids is 1. The van der Waals surface area contributed by atoms with E-state index in [-0.39, 0.29) is 11.8 Å². The highest BCUT2D eigenvalue weighted by atomic mass is 32.1. The number of anilines is 1. The Labute approximate surface area is 120 Å². The van der Waals surface area contributed by atoms with E-state index in [0.717, 1.165) is 21.3 Å². The van der Waals surface area contributed by atoms with Crippen molar-refractivity contribution in [3.8, 4) is 0 Å². The van der Waals surface area contributed by atoms with Crippen molar-refractivity contribution >= 4 is 33.7 Å². The van der Waals surface area contributed by atoms with Crippen LogP contribution in [0.5, 0.6) is 0 Å². The minimum Gasteiger partial charge on any atom is -0.297 e. The Bertz CT molecular complexity index is 594. The summed E-state index contributed by atoms with van der Waals surface area (Å²) in [6, 6.07) is 0. The van der Waals surface area contributed by atoms with E-state index in [1.807, 2.05) is 34.6 Å². The molecule has 4 nitrogen and oxygen atoms in total. The van der Waals surface area contributed by atoms with Gasteiger partial charge in [-0.1, -0.05) is 13.8 Å². The van der Waals surface area contributed by atoms with Crippen molar-refractivity contribution in [3.05, 3.63) is 26.1 Å². The van der Waals surface area contributed by atoms with Gasteiger partial charge in [0, 0.05) is 4.88 Å². The first-order valence-corrected chi connectivity index (χ1v) is 7.74. The molecule has 0 unspecified atom stereocenters. The molecular formula is C13H17N3OS2. The molecule has 2 aromatic heterocycles.